The van der Waals surface area contributed by atoms with Gasteiger partial charge in [-0.1, -0.05) is 40.2 Å². The minimum Gasteiger partial charge on any atom is -0.338 e. The summed E-state index contributed by atoms with van der Waals surface area (Å²) in [5.41, 5.74) is 1.13. The Hall–Kier alpha value is -1.78. The summed E-state index contributed by atoms with van der Waals surface area (Å²) in [4.78, 5) is 27.5. The van der Waals surface area contributed by atoms with E-state index in [1.807, 2.05) is 4.90 Å². The maximum Gasteiger partial charge on any atom is 0.317 e. The molecule has 0 bridgehead atoms. The summed E-state index contributed by atoms with van der Waals surface area (Å²) >= 11 is 0. The number of rotatable bonds is 7. The van der Waals surface area contributed by atoms with Crippen LogP contribution < -0.4 is 5.32 Å². The molecule has 5 heteroatoms. The van der Waals surface area contributed by atoms with Crippen LogP contribution >= 0.6 is 0 Å². The molecule has 146 valence electrons. The van der Waals surface area contributed by atoms with Crippen molar-refractivity contribution >= 4 is 11.9 Å². The van der Waals surface area contributed by atoms with Crippen molar-refractivity contribution in [3.05, 3.63) is 24.4 Å². The molecular formula is C21H35N3O2. The first kappa shape index (κ1) is 20.5. The van der Waals surface area contributed by atoms with Crippen LogP contribution in [0.2, 0.25) is 0 Å². The summed E-state index contributed by atoms with van der Waals surface area (Å²) in [7, 11) is 0. The molecule has 0 radical (unpaired) electrons. The van der Waals surface area contributed by atoms with E-state index in [-0.39, 0.29) is 11.9 Å². The first-order valence-corrected chi connectivity index (χ1v) is 10.0. The maximum absolute atomic E-state index is 12.2. The van der Waals surface area contributed by atoms with Crippen LogP contribution in [-0.4, -0.2) is 47.9 Å². The fourth-order valence-corrected chi connectivity index (χ4v) is 3.75. The minimum absolute atomic E-state index is 0.0393. The Morgan fingerprint density at radius 2 is 1.81 bits per heavy atom. The fourth-order valence-electron chi connectivity index (χ4n) is 3.75. The zero-order chi connectivity index (χ0) is 19.2. The largest absolute Gasteiger partial charge is 0.338 e. The van der Waals surface area contributed by atoms with Gasteiger partial charge in [0.1, 0.15) is 0 Å². The van der Waals surface area contributed by atoms with Gasteiger partial charge < -0.3 is 15.1 Å². The van der Waals surface area contributed by atoms with Crippen molar-refractivity contribution in [1.29, 1.82) is 0 Å². The molecule has 0 aromatic heterocycles. The quantitative estimate of drug-likeness (QED) is 0.699. The molecule has 2 aliphatic rings. The van der Waals surface area contributed by atoms with Gasteiger partial charge in [-0.05, 0) is 43.1 Å². The van der Waals surface area contributed by atoms with Gasteiger partial charge in [-0.2, -0.15) is 0 Å². The molecule has 0 unspecified atom stereocenters. The van der Waals surface area contributed by atoms with E-state index in [1.54, 1.807) is 17.1 Å². The first-order chi connectivity index (χ1) is 12.3. The monoisotopic (exact) mass is 361 g/mol. The zero-order valence-corrected chi connectivity index (χ0v) is 16.7. The molecular weight excluding hydrogens is 326 g/mol. The molecule has 1 saturated heterocycles. The van der Waals surface area contributed by atoms with Gasteiger partial charge in [-0.25, -0.2) is 4.79 Å². The average molecular weight is 362 g/mol. The van der Waals surface area contributed by atoms with E-state index < -0.39 is 0 Å². The van der Waals surface area contributed by atoms with Crippen molar-refractivity contribution < 1.29 is 9.59 Å². The standard InChI is InChI=1S/C21H35N3O2/c1-17-9-10-19(25)24(17)14-8-6-5-7-13-22-20(26)23-15-11-18(12-16-23)21(2,3)4/h9-10,18H,1,5-8,11-16H2,2-4H3,(H,22,26). The first-order valence-electron chi connectivity index (χ1n) is 10.0. The van der Waals surface area contributed by atoms with Crippen molar-refractivity contribution in [2.75, 3.05) is 26.2 Å². The number of piperidine rings is 1. The van der Waals surface area contributed by atoms with Crippen LogP contribution in [0.5, 0.6) is 0 Å². The van der Waals surface area contributed by atoms with Gasteiger partial charge >= 0.3 is 6.03 Å². The molecule has 3 amide bonds. The molecule has 0 aromatic carbocycles. The van der Waals surface area contributed by atoms with Crippen LogP contribution in [0, 0.1) is 11.3 Å². The molecule has 2 heterocycles. The molecule has 0 aromatic rings. The van der Waals surface area contributed by atoms with Crippen molar-refractivity contribution in [3.8, 4) is 0 Å². The number of carbonyl (C=O) groups is 2. The van der Waals surface area contributed by atoms with Crippen LogP contribution in [-0.2, 0) is 4.79 Å². The summed E-state index contributed by atoms with van der Waals surface area (Å²) in [5, 5.41) is 3.05. The molecule has 2 rings (SSSR count). The molecule has 2 aliphatic heterocycles. The van der Waals surface area contributed by atoms with Crippen molar-refractivity contribution in [1.82, 2.24) is 15.1 Å². The van der Waals surface area contributed by atoms with Gasteiger partial charge in [0.15, 0.2) is 0 Å². The highest BCUT2D eigenvalue weighted by atomic mass is 16.2. The second-order valence-corrected chi connectivity index (χ2v) is 8.59. The molecule has 1 N–H and O–H groups in total. The summed E-state index contributed by atoms with van der Waals surface area (Å²) in [6.45, 7) is 13.9. The average Bonchev–Trinajstić information content (AvgIpc) is 2.91. The Morgan fingerprint density at radius 3 is 2.38 bits per heavy atom. The number of nitrogens with zero attached hydrogens (tertiary/aromatic N) is 2. The summed E-state index contributed by atoms with van der Waals surface area (Å²) < 4.78 is 0. The Kier molecular flexibility index (Phi) is 7.30. The highest BCUT2D eigenvalue weighted by molar-refractivity contribution is 5.92. The SMILES string of the molecule is C=C1C=CC(=O)N1CCCCCCNC(=O)N1CCC(C(C)(C)C)CC1. The third-order valence-corrected chi connectivity index (χ3v) is 5.62. The zero-order valence-electron chi connectivity index (χ0n) is 16.7. The number of carbonyl (C=O) groups excluding carboxylic acids is 2. The van der Waals surface area contributed by atoms with E-state index in [0.717, 1.165) is 70.4 Å². The summed E-state index contributed by atoms with van der Waals surface area (Å²) in [6, 6.07) is 0.0856. The number of amides is 3. The van der Waals surface area contributed by atoms with Crippen molar-refractivity contribution in [3.63, 3.8) is 0 Å². The second-order valence-electron chi connectivity index (χ2n) is 8.59. The van der Waals surface area contributed by atoms with Crippen LogP contribution in [0.3, 0.4) is 0 Å². The predicted octanol–water partition coefficient (Wildman–Crippen LogP) is 3.93. The minimum atomic E-state index is 0.0393. The highest BCUT2D eigenvalue weighted by Crippen LogP contribution is 2.34. The van der Waals surface area contributed by atoms with E-state index in [2.05, 4.69) is 32.7 Å². The fraction of sp³-hybridized carbons (Fsp3) is 0.714. The molecule has 0 atom stereocenters. The Bertz CT molecular complexity index is 522. The summed E-state index contributed by atoms with van der Waals surface area (Å²) in [6.07, 6.45) is 9.62. The number of allylic oxidation sites excluding steroid dienone is 1. The van der Waals surface area contributed by atoms with E-state index >= 15 is 0 Å². The number of likely N-dealkylation sites (tertiary alicyclic amines) is 1. The number of hydrogen-bond donors (Lipinski definition) is 1. The topological polar surface area (TPSA) is 52.7 Å². The summed E-state index contributed by atoms with van der Waals surface area (Å²) in [5.74, 6) is 0.748. The molecule has 0 spiro atoms. The predicted molar refractivity (Wildman–Crippen MR) is 106 cm³/mol. The number of unbranched alkanes of at least 4 members (excludes halogenated alkanes) is 3. The van der Waals surface area contributed by atoms with E-state index in [4.69, 9.17) is 0 Å². The lowest BCUT2D eigenvalue weighted by Crippen LogP contribution is -2.46. The number of hydrogen-bond acceptors (Lipinski definition) is 2. The van der Waals surface area contributed by atoms with Gasteiger partial charge in [-0.3, -0.25) is 4.79 Å². The lowest BCUT2D eigenvalue weighted by Gasteiger charge is -2.38. The third-order valence-electron chi connectivity index (χ3n) is 5.62. The molecule has 1 fully saturated rings. The lowest BCUT2D eigenvalue weighted by atomic mass is 9.75. The van der Waals surface area contributed by atoms with Gasteiger partial charge in [0.25, 0.3) is 5.91 Å². The van der Waals surface area contributed by atoms with Gasteiger partial charge in [0.2, 0.25) is 0 Å². The van der Waals surface area contributed by atoms with Gasteiger partial charge in [0, 0.05) is 38.0 Å². The lowest BCUT2D eigenvalue weighted by molar-refractivity contribution is -0.123. The molecule has 0 saturated carbocycles. The normalized spacial score (nSPS) is 18.7. The molecule has 0 aliphatic carbocycles. The number of nitrogens with one attached hydrogen (secondary N) is 1. The Morgan fingerprint density at radius 1 is 1.15 bits per heavy atom. The molecule has 26 heavy (non-hydrogen) atoms. The van der Waals surface area contributed by atoms with E-state index in [0.29, 0.717) is 11.3 Å². The van der Waals surface area contributed by atoms with Crippen LogP contribution in [0.4, 0.5) is 4.79 Å². The second kappa shape index (κ2) is 9.24. The van der Waals surface area contributed by atoms with Gasteiger partial charge in [-0.15, -0.1) is 0 Å². The smallest absolute Gasteiger partial charge is 0.317 e. The van der Waals surface area contributed by atoms with Crippen LogP contribution in [0.25, 0.3) is 0 Å². The van der Waals surface area contributed by atoms with Gasteiger partial charge in [0.05, 0.1) is 0 Å². The maximum atomic E-state index is 12.2. The number of urea groups is 1. The van der Waals surface area contributed by atoms with Crippen LogP contribution in [0.1, 0.15) is 59.3 Å². The Balaban J connectivity index is 1.50. The molecule has 5 nitrogen and oxygen atoms in total. The van der Waals surface area contributed by atoms with Crippen molar-refractivity contribution in [2.45, 2.75) is 59.3 Å². The van der Waals surface area contributed by atoms with Crippen LogP contribution in [0.15, 0.2) is 24.4 Å². The highest BCUT2D eigenvalue weighted by Gasteiger charge is 2.30. The third kappa shape index (κ3) is 5.89. The van der Waals surface area contributed by atoms with E-state index in [1.165, 1.54) is 0 Å². The van der Waals surface area contributed by atoms with E-state index in [9.17, 15) is 9.59 Å². The van der Waals surface area contributed by atoms with Crippen molar-refractivity contribution in [2.24, 2.45) is 11.3 Å². The Labute approximate surface area is 158 Å².